The summed E-state index contributed by atoms with van der Waals surface area (Å²) in [6.45, 7) is 2.13. The molecule has 3 aromatic carbocycles. The van der Waals surface area contributed by atoms with E-state index in [1.807, 2.05) is 11.3 Å². The number of nitrogens with zero attached hydrogens (tertiary/aromatic N) is 1. The number of benzene rings is 3. The summed E-state index contributed by atoms with van der Waals surface area (Å²) in [6, 6.07) is 29.8. The first-order chi connectivity index (χ1) is 12.8. The fourth-order valence-corrected chi connectivity index (χ4v) is 4.97. The van der Waals surface area contributed by atoms with E-state index in [9.17, 15) is 0 Å². The van der Waals surface area contributed by atoms with Crippen LogP contribution in [0.5, 0.6) is 0 Å². The molecule has 2 heteroatoms. The molecule has 0 saturated heterocycles. The van der Waals surface area contributed by atoms with Gasteiger partial charge < -0.3 is 0 Å². The van der Waals surface area contributed by atoms with E-state index in [1.54, 1.807) is 0 Å². The van der Waals surface area contributed by atoms with Crippen molar-refractivity contribution in [3.8, 4) is 22.4 Å². The molecule has 2 aromatic heterocycles. The Labute approximate surface area is 156 Å². The maximum absolute atomic E-state index is 5.08. The molecule has 0 spiro atoms. The highest BCUT2D eigenvalue weighted by atomic mass is 32.1. The highest BCUT2D eigenvalue weighted by Gasteiger charge is 2.19. The lowest BCUT2D eigenvalue weighted by atomic mass is 9.96. The van der Waals surface area contributed by atoms with E-state index in [4.69, 9.17) is 4.98 Å². The third-order valence-electron chi connectivity index (χ3n) is 4.81. The third-order valence-corrected chi connectivity index (χ3v) is 6.00. The van der Waals surface area contributed by atoms with Crippen molar-refractivity contribution >= 4 is 31.5 Å². The number of aryl methyl sites for hydroxylation is 1. The first-order valence-electron chi connectivity index (χ1n) is 8.75. The third kappa shape index (κ3) is 2.34. The lowest BCUT2D eigenvalue weighted by Crippen LogP contribution is -1.93. The molecule has 1 nitrogen and oxygen atoms in total. The first kappa shape index (κ1) is 15.3. The SMILES string of the molecule is Cc1nc(-c2ccccc2)c(-c2ccccc2)c2sc3ccccc3c12. The van der Waals surface area contributed by atoms with Crippen LogP contribution in [0.4, 0.5) is 0 Å². The molecule has 0 bridgehead atoms. The first-order valence-corrected chi connectivity index (χ1v) is 9.57. The zero-order valence-electron chi connectivity index (χ0n) is 14.4. The van der Waals surface area contributed by atoms with E-state index in [1.165, 1.54) is 31.3 Å². The smallest absolute Gasteiger partial charge is 0.0798 e. The van der Waals surface area contributed by atoms with E-state index >= 15 is 0 Å². The van der Waals surface area contributed by atoms with Gasteiger partial charge in [-0.2, -0.15) is 0 Å². The molecule has 0 radical (unpaired) electrons. The van der Waals surface area contributed by atoms with Crippen LogP contribution in [0.3, 0.4) is 0 Å². The Morgan fingerprint density at radius 1 is 0.692 bits per heavy atom. The Bertz CT molecular complexity index is 1220. The van der Waals surface area contributed by atoms with Crippen LogP contribution in [0, 0.1) is 6.92 Å². The average molecular weight is 351 g/mol. The Morgan fingerprint density at radius 3 is 2.04 bits per heavy atom. The second kappa shape index (κ2) is 6.08. The number of fused-ring (bicyclic) bond motifs is 3. The molecular formula is C24H17NS. The van der Waals surface area contributed by atoms with Crippen LogP contribution in [0.25, 0.3) is 42.6 Å². The molecule has 0 N–H and O–H groups in total. The molecule has 0 atom stereocenters. The van der Waals surface area contributed by atoms with Crippen LogP contribution in [0.2, 0.25) is 0 Å². The largest absolute Gasteiger partial charge is 0.252 e. The minimum Gasteiger partial charge on any atom is -0.252 e. The van der Waals surface area contributed by atoms with Gasteiger partial charge in [0.25, 0.3) is 0 Å². The fourth-order valence-electron chi connectivity index (χ4n) is 3.65. The number of pyridine rings is 1. The Morgan fingerprint density at radius 2 is 1.31 bits per heavy atom. The summed E-state index contributed by atoms with van der Waals surface area (Å²) in [5.41, 5.74) is 5.77. The van der Waals surface area contributed by atoms with E-state index in [0.29, 0.717) is 0 Å². The standard InChI is InChI=1S/C24H17NS/c1-16-21-19-14-8-9-15-20(19)26-24(21)22(17-10-4-2-5-11-17)23(25-16)18-12-6-3-7-13-18/h2-15H,1H3. The topological polar surface area (TPSA) is 12.9 Å². The number of hydrogen-bond acceptors (Lipinski definition) is 2. The number of thiophene rings is 1. The Kier molecular flexibility index (Phi) is 3.58. The average Bonchev–Trinajstić information content (AvgIpc) is 3.09. The Balaban J connectivity index is 1.98. The van der Waals surface area contributed by atoms with Crippen molar-refractivity contribution in [1.82, 2.24) is 4.98 Å². The second-order valence-corrected chi connectivity index (χ2v) is 7.51. The summed E-state index contributed by atoms with van der Waals surface area (Å²) in [5.74, 6) is 0. The van der Waals surface area contributed by atoms with Gasteiger partial charge in [0.2, 0.25) is 0 Å². The summed E-state index contributed by atoms with van der Waals surface area (Å²) >= 11 is 1.87. The van der Waals surface area contributed by atoms with Gasteiger partial charge in [-0.25, -0.2) is 0 Å². The number of hydrogen-bond donors (Lipinski definition) is 0. The van der Waals surface area contributed by atoms with Crippen LogP contribution in [0.15, 0.2) is 84.9 Å². The summed E-state index contributed by atoms with van der Waals surface area (Å²) in [7, 11) is 0. The summed E-state index contributed by atoms with van der Waals surface area (Å²) in [6.07, 6.45) is 0. The predicted molar refractivity (Wildman–Crippen MR) is 113 cm³/mol. The van der Waals surface area contributed by atoms with Crippen LogP contribution in [-0.4, -0.2) is 4.98 Å². The Hall–Kier alpha value is -2.97. The monoisotopic (exact) mass is 351 g/mol. The molecule has 124 valence electrons. The van der Waals surface area contributed by atoms with Crippen molar-refractivity contribution in [2.75, 3.05) is 0 Å². The summed E-state index contributed by atoms with van der Waals surface area (Å²) in [4.78, 5) is 5.08. The van der Waals surface area contributed by atoms with E-state index in [0.717, 1.165) is 17.0 Å². The lowest BCUT2D eigenvalue weighted by molar-refractivity contribution is 1.24. The molecule has 0 saturated carbocycles. The van der Waals surface area contributed by atoms with Crippen LogP contribution >= 0.6 is 11.3 Å². The molecule has 0 fully saturated rings. The van der Waals surface area contributed by atoms with Gasteiger partial charge in [-0.1, -0.05) is 78.9 Å². The van der Waals surface area contributed by atoms with Crippen molar-refractivity contribution in [3.05, 3.63) is 90.6 Å². The van der Waals surface area contributed by atoms with Crippen molar-refractivity contribution < 1.29 is 0 Å². The zero-order valence-corrected chi connectivity index (χ0v) is 15.3. The van der Waals surface area contributed by atoms with Gasteiger partial charge in [-0.15, -0.1) is 11.3 Å². The zero-order chi connectivity index (χ0) is 17.5. The maximum atomic E-state index is 5.08. The highest BCUT2D eigenvalue weighted by Crippen LogP contribution is 2.44. The summed E-state index contributed by atoms with van der Waals surface area (Å²) < 4.78 is 2.64. The van der Waals surface area contributed by atoms with Crippen molar-refractivity contribution in [3.63, 3.8) is 0 Å². The number of aromatic nitrogens is 1. The minimum atomic E-state index is 1.06. The van der Waals surface area contributed by atoms with Gasteiger partial charge in [0.05, 0.1) is 5.69 Å². The van der Waals surface area contributed by atoms with Gasteiger partial charge in [-0.3, -0.25) is 4.98 Å². The molecule has 0 amide bonds. The van der Waals surface area contributed by atoms with Gasteiger partial charge in [0, 0.05) is 37.0 Å². The van der Waals surface area contributed by atoms with Crippen molar-refractivity contribution in [1.29, 1.82) is 0 Å². The second-order valence-electron chi connectivity index (χ2n) is 6.46. The van der Waals surface area contributed by atoms with E-state index in [2.05, 4.69) is 91.9 Å². The lowest BCUT2D eigenvalue weighted by Gasteiger charge is -2.13. The highest BCUT2D eigenvalue weighted by molar-refractivity contribution is 7.26. The molecule has 5 aromatic rings. The molecule has 2 heterocycles. The van der Waals surface area contributed by atoms with E-state index < -0.39 is 0 Å². The van der Waals surface area contributed by atoms with Crippen molar-refractivity contribution in [2.45, 2.75) is 6.92 Å². The van der Waals surface area contributed by atoms with Gasteiger partial charge >= 0.3 is 0 Å². The molecular weight excluding hydrogens is 334 g/mol. The molecule has 0 unspecified atom stereocenters. The van der Waals surface area contributed by atoms with Crippen molar-refractivity contribution in [2.24, 2.45) is 0 Å². The van der Waals surface area contributed by atoms with Gasteiger partial charge in [0.1, 0.15) is 0 Å². The minimum absolute atomic E-state index is 1.06. The molecule has 5 rings (SSSR count). The van der Waals surface area contributed by atoms with E-state index in [-0.39, 0.29) is 0 Å². The molecule has 0 aliphatic heterocycles. The summed E-state index contributed by atoms with van der Waals surface area (Å²) in [5, 5.41) is 2.58. The molecule has 26 heavy (non-hydrogen) atoms. The van der Waals surface area contributed by atoms with Crippen LogP contribution in [0.1, 0.15) is 5.69 Å². The molecule has 0 aliphatic carbocycles. The number of rotatable bonds is 2. The van der Waals surface area contributed by atoms with Gasteiger partial charge in [-0.05, 0) is 18.6 Å². The molecule has 0 aliphatic rings. The normalized spacial score (nSPS) is 11.3. The maximum Gasteiger partial charge on any atom is 0.0798 e. The van der Waals surface area contributed by atoms with Gasteiger partial charge in [0.15, 0.2) is 0 Å². The fraction of sp³-hybridized carbons (Fsp3) is 0.0417. The van der Waals surface area contributed by atoms with Crippen LogP contribution in [-0.2, 0) is 0 Å². The quantitative estimate of drug-likeness (QED) is 0.331. The van der Waals surface area contributed by atoms with Crippen LogP contribution < -0.4 is 0 Å². The predicted octanol–water partition coefficient (Wildman–Crippen LogP) is 7.09.